The van der Waals surface area contributed by atoms with Gasteiger partial charge in [-0.2, -0.15) is 0 Å². The van der Waals surface area contributed by atoms with E-state index in [1.165, 1.54) is 0 Å². The number of piperazine rings is 1. The van der Waals surface area contributed by atoms with Gasteiger partial charge in [0.25, 0.3) is 5.56 Å². The van der Waals surface area contributed by atoms with Crippen LogP contribution < -0.4 is 10.5 Å². The van der Waals surface area contributed by atoms with Crippen LogP contribution >= 0.6 is 0 Å². The lowest BCUT2D eigenvalue weighted by atomic mass is 10.2. The highest BCUT2D eigenvalue weighted by Gasteiger charge is 2.19. The van der Waals surface area contributed by atoms with E-state index in [4.69, 9.17) is 0 Å². The lowest BCUT2D eigenvalue weighted by Gasteiger charge is -2.36. The Bertz CT molecular complexity index is 461. The summed E-state index contributed by atoms with van der Waals surface area (Å²) in [7, 11) is 0. The van der Waals surface area contributed by atoms with E-state index < -0.39 is 0 Å². The van der Waals surface area contributed by atoms with Gasteiger partial charge in [-0.1, -0.05) is 20.8 Å². The monoisotopic (exact) mass is 264 g/mol. The zero-order valence-electron chi connectivity index (χ0n) is 12.1. The van der Waals surface area contributed by atoms with Crippen molar-refractivity contribution in [1.82, 2.24) is 14.9 Å². The van der Waals surface area contributed by atoms with Gasteiger partial charge in [-0.15, -0.1) is 0 Å². The number of hydrogen-bond donors (Lipinski definition) is 1. The molecule has 0 radical (unpaired) electrons. The molecule has 0 aliphatic carbocycles. The molecule has 1 N–H and O–H groups in total. The summed E-state index contributed by atoms with van der Waals surface area (Å²) in [6, 6.07) is 1.61. The first-order valence-electron chi connectivity index (χ1n) is 7.16. The molecule has 0 aromatic carbocycles. The minimum absolute atomic E-state index is 0.0496. The van der Waals surface area contributed by atoms with Gasteiger partial charge in [0.1, 0.15) is 11.6 Å². The first kappa shape index (κ1) is 14.1. The Balaban J connectivity index is 2.01. The van der Waals surface area contributed by atoms with Crippen LogP contribution in [0.2, 0.25) is 0 Å². The molecule has 1 aliphatic rings. The topological polar surface area (TPSA) is 52.2 Å². The average molecular weight is 264 g/mol. The van der Waals surface area contributed by atoms with E-state index in [0.29, 0.717) is 5.92 Å². The predicted octanol–water partition coefficient (Wildman–Crippen LogP) is 1.11. The van der Waals surface area contributed by atoms with Gasteiger partial charge >= 0.3 is 0 Å². The third-order valence-corrected chi connectivity index (χ3v) is 3.43. The molecule has 1 aromatic heterocycles. The molecule has 2 heterocycles. The highest BCUT2D eigenvalue weighted by atomic mass is 16.1. The second-order valence-electron chi connectivity index (χ2n) is 5.59. The lowest BCUT2D eigenvalue weighted by Crippen LogP contribution is -2.48. The summed E-state index contributed by atoms with van der Waals surface area (Å²) < 4.78 is 0. The Morgan fingerprint density at radius 1 is 1.32 bits per heavy atom. The number of H-pyrrole nitrogens is 1. The van der Waals surface area contributed by atoms with Crippen molar-refractivity contribution < 1.29 is 0 Å². The fraction of sp³-hybridized carbons (Fsp3) is 0.714. The quantitative estimate of drug-likeness (QED) is 0.885. The van der Waals surface area contributed by atoms with E-state index in [-0.39, 0.29) is 5.56 Å². The number of nitrogens with one attached hydrogen (secondary N) is 1. The van der Waals surface area contributed by atoms with Crippen molar-refractivity contribution in [3.63, 3.8) is 0 Å². The van der Waals surface area contributed by atoms with E-state index in [2.05, 4.69) is 33.6 Å². The second kappa shape index (κ2) is 6.19. The van der Waals surface area contributed by atoms with E-state index >= 15 is 0 Å². The van der Waals surface area contributed by atoms with Crippen LogP contribution in [0.4, 0.5) is 5.82 Å². The van der Waals surface area contributed by atoms with E-state index in [0.717, 1.165) is 50.8 Å². The summed E-state index contributed by atoms with van der Waals surface area (Å²) in [6.45, 7) is 11.6. The van der Waals surface area contributed by atoms with Gasteiger partial charge in [-0.25, -0.2) is 4.98 Å². The van der Waals surface area contributed by atoms with Gasteiger partial charge in [0.05, 0.1) is 0 Å². The van der Waals surface area contributed by atoms with Gasteiger partial charge in [0.2, 0.25) is 0 Å². The van der Waals surface area contributed by atoms with E-state index in [1.54, 1.807) is 6.07 Å². The van der Waals surface area contributed by atoms with Crippen LogP contribution in [0.3, 0.4) is 0 Å². The molecule has 1 aromatic rings. The molecule has 0 amide bonds. The van der Waals surface area contributed by atoms with Gasteiger partial charge in [-0.05, 0) is 5.92 Å². The molecule has 2 rings (SSSR count). The smallest absolute Gasteiger partial charge is 0.252 e. The highest BCUT2D eigenvalue weighted by molar-refractivity contribution is 5.38. The number of aromatic amines is 1. The van der Waals surface area contributed by atoms with Crippen LogP contribution in [0, 0.1) is 5.92 Å². The molecule has 0 spiro atoms. The van der Waals surface area contributed by atoms with Crippen molar-refractivity contribution in [3.05, 3.63) is 22.2 Å². The molecule has 0 atom stereocenters. The van der Waals surface area contributed by atoms with E-state index in [1.807, 2.05) is 6.92 Å². The van der Waals surface area contributed by atoms with Crippen LogP contribution in [-0.2, 0) is 6.42 Å². The maximum atomic E-state index is 11.6. The molecule has 1 fully saturated rings. The minimum atomic E-state index is -0.0496. The fourth-order valence-electron chi connectivity index (χ4n) is 2.50. The number of nitrogens with zero attached hydrogens (tertiary/aromatic N) is 3. The summed E-state index contributed by atoms with van der Waals surface area (Å²) in [5.74, 6) is 2.30. The van der Waals surface area contributed by atoms with Crippen LogP contribution in [-0.4, -0.2) is 47.6 Å². The summed E-state index contributed by atoms with van der Waals surface area (Å²) >= 11 is 0. The number of rotatable bonds is 4. The minimum Gasteiger partial charge on any atom is -0.354 e. The Labute approximate surface area is 114 Å². The van der Waals surface area contributed by atoms with Gasteiger partial charge < -0.3 is 9.88 Å². The SMILES string of the molecule is CCc1nc(N2CCN(CC(C)C)CC2)cc(=O)[nH]1. The number of hydrogen-bond acceptors (Lipinski definition) is 4. The van der Waals surface area contributed by atoms with Crippen LogP contribution in [0.15, 0.2) is 10.9 Å². The molecule has 1 aliphatic heterocycles. The number of anilines is 1. The first-order valence-corrected chi connectivity index (χ1v) is 7.16. The summed E-state index contributed by atoms with van der Waals surface area (Å²) in [6.07, 6.45) is 0.760. The summed E-state index contributed by atoms with van der Waals surface area (Å²) in [4.78, 5) is 23.6. The van der Waals surface area contributed by atoms with Gasteiger partial charge in [0, 0.05) is 45.2 Å². The van der Waals surface area contributed by atoms with Gasteiger partial charge in [0.15, 0.2) is 0 Å². The lowest BCUT2D eigenvalue weighted by molar-refractivity contribution is 0.231. The molecular weight excluding hydrogens is 240 g/mol. The number of aromatic nitrogens is 2. The van der Waals surface area contributed by atoms with Crippen molar-refractivity contribution in [1.29, 1.82) is 0 Å². The van der Waals surface area contributed by atoms with Crippen LogP contribution in [0.5, 0.6) is 0 Å². The Hall–Kier alpha value is -1.36. The molecule has 0 bridgehead atoms. The third-order valence-electron chi connectivity index (χ3n) is 3.43. The molecule has 5 nitrogen and oxygen atoms in total. The third kappa shape index (κ3) is 3.80. The van der Waals surface area contributed by atoms with Gasteiger partial charge in [-0.3, -0.25) is 9.69 Å². The molecule has 1 saturated heterocycles. The van der Waals surface area contributed by atoms with Crippen molar-refractivity contribution in [2.45, 2.75) is 27.2 Å². The second-order valence-corrected chi connectivity index (χ2v) is 5.59. The largest absolute Gasteiger partial charge is 0.354 e. The maximum absolute atomic E-state index is 11.6. The molecule has 5 heteroatoms. The zero-order valence-corrected chi connectivity index (χ0v) is 12.1. The molecule has 0 saturated carbocycles. The Morgan fingerprint density at radius 2 is 2.00 bits per heavy atom. The van der Waals surface area contributed by atoms with Crippen LogP contribution in [0.1, 0.15) is 26.6 Å². The standard InChI is InChI=1S/C14H24N4O/c1-4-12-15-13(9-14(19)16-12)18-7-5-17(6-8-18)10-11(2)3/h9,11H,4-8,10H2,1-3H3,(H,15,16,19). The Kier molecular flexibility index (Phi) is 4.58. The average Bonchev–Trinajstić information content (AvgIpc) is 2.38. The first-order chi connectivity index (χ1) is 9.08. The highest BCUT2D eigenvalue weighted by Crippen LogP contribution is 2.12. The molecule has 0 unspecified atom stereocenters. The maximum Gasteiger partial charge on any atom is 0.252 e. The molecule has 19 heavy (non-hydrogen) atoms. The fourth-order valence-corrected chi connectivity index (χ4v) is 2.50. The normalized spacial score (nSPS) is 17.2. The number of aryl methyl sites for hydroxylation is 1. The van der Waals surface area contributed by atoms with Crippen molar-refractivity contribution in [2.24, 2.45) is 5.92 Å². The van der Waals surface area contributed by atoms with Crippen molar-refractivity contribution in [3.8, 4) is 0 Å². The summed E-state index contributed by atoms with van der Waals surface area (Å²) in [5.41, 5.74) is -0.0496. The molecule has 106 valence electrons. The van der Waals surface area contributed by atoms with E-state index in [9.17, 15) is 4.79 Å². The summed E-state index contributed by atoms with van der Waals surface area (Å²) in [5, 5.41) is 0. The molecular formula is C14H24N4O. The predicted molar refractivity (Wildman–Crippen MR) is 77.7 cm³/mol. The Morgan fingerprint density at radius 3 is 2.58 bits per heavy atom. The van der Waals surface area contributed by atoms with Crippen LogP contribution in [0.25, 0.3) is 0 Å². The zero-order chi connectivity index (χ0) is 13.8. The van der Waals surface area contributed by atoms with Crippen molar-refractivity contribution in [2.75, 3.05) is 37.6 Å². The van der Waals surface area contributed by atoms with Crippen molar-refractivity contribution >= 4 is 5.82 Å².